The van der Waals surface area contributed by atoms with Gasteiger partial charge in [-0.25, -0.2) is 4.99 Å². The van der Waals surface area contributed by atoms with E-state index in [4.69, 9.17) is 9.73 Å². The Morgan fingerprint density at radius 2 is 2.11 bits per heavy atom. The van der Waals surface area contributed by atoms with Crippen LogP contribution in [0.1, 0.15) is 11.1 Å². The van der Waals surface area contributed by atoms with Gasteiger partial charge in [0.1, 0.15) is 5.76 Å². The van der Waals surface area contributed by atoms with Crippen LogP contribution in [-0.4, -0.2) is 55.2 Å². The molecule has 5 rings (SSSR count). The smallest absolute Gasteiger partial charge is 0.294 e. The number of hydrogen-bond donors (Lipinski definition) is 0. The highest BCUT2D eigenvalue weighted by Crippen LogP contribution is 2.51. The predicted octanol–water partition coefficient (Wildman–Crippen LogP) is 3.15. The quantitative estimate of drug-likeness (QED) is 0.598. The van der Waals surface area contributed by atoms with E-state index in [1.54, 1.807) is 0 Å². The molecule has 4 nitrogen and oxygen atoms in total. The molecule has 0 aromatic heterocycles. The van der Waals surface area contributed by atoms with Crippen LogP contribution >= 0.6 is 0 Å². The van der Waals surface area contributed by atoms with Crippen LogP contribution < -0.4 is 0 Å². The molecule has 4 aliphatic rings. The first kappa shape index (κ1) is 16.6. The molecule has 4 heteroatoms. The predicted molar refractivity (Wildman–Crippen MR) is 108 cm³/mol. The molecule has 2 aliphatic carbocycles. The van der Waals surface area contributed by atoms with Gasteiger partial charge in [0.25, 0.3) is 6.02 Å². The zero-order chi connectivity index (χ0) is 18.5. The molecule has 0 saturated carbocycles. The van der Waals surface area contributed by atoms with E-state index in [1.807, 2.05) is 6.08 Å². The Hall–Kier alpha value is -2.59. The number of benzene rings is 1. The van der Waals surface area contributed by atoms with Crippen LogP contribution in [0, 0.1) is 0 Å². The van der Waals surface area contributed by atoms with Crippen LogP contribution in [0.25, 0.3) is 0 Å². The van der Waals surface area contributed by atoms with Gasteiger partial charge in [0.2, 0.25) is 0 Å². The highest BCUT2D eigenvalue weighted by Gasteiger charge is 2.50. The molecule has 27 heavy (non-hydrogen) atoms. The van der Waals surface area contributed by atoms with Crippen LogP contribution in [0.2, 0.25) is 0 Å². The van der Waals surface area contributed by atoms with Crippen molar-refractivity contribution in [2.24, 2.45) is 4.99 Å². The molecular formula is C23H26N3O+. The molecule has 0 amide bonds. The first-order valence-corrected chi connectivity index (χ1v) is 9.80. The number of allylic oxidation sites excluding steroid dienone is 3. The third kappa shape index (κ3) is 2.43. The van der Waals surface area contributed by atoms with Gasteiger partial charge in [-0.05, 0) is 35.3 Å². The number of piperazine rings is 1. The summed E-state index contributed by atoms with van der Waals surface area (Å²) in [6, 6.07) is 9.41. The fourth-order valence-electron chi connectivity index (χ4n) is 4.72. The van der Waals surface area contributed by atoms with Gasteiger partial charge in [-0.15, -0.1) is 0 Å². The van der Waals surface area contributed by atoms with Crippen molar-refractivity contribution >= 4 is 6.02 Å². The Labute approximate surface area is 161 Å². The molecule has 0 N–H and O–H groups in total. The summed E-state index contributed by atoms with van der Waals surface area (Å²) in [5.41, 5.74) is 3.34. The van der Waals surface area contributed by atoms with E-state index in [2.05, 4.69) is 67.1 Å². The second kappa shape index (κ2) is 5.96. The van der Waals surface area contributed by atoms with E-state index in [-0.39, 0.29) is 0 Å². The van der Waals surface area contributed by atoms with E-state index in [9.17, 15) is 0 Å². The number of hydrogen-bond acceptors (Lipinski definition) is 3. The largest absolute Gasteiger partial charge is 0.427 e. The van der Waals surface area contributed by atoms with E-state index in [0.29, 0.717) is 0 Å². The molecule has 2 aliphatic heterocycles. The second-order valence-corrected chi connectivity index (χ2v) is 8.14. The molecular weight excluding hydrogens is 334 g/mol. The van der Waals surface area contributed by atoms with Crippen molar-refractivity contribution in [2.75, 3.05) is 39.8 Å². The molecule has 1 saturated heterocycles. The molecule has 1 unspecified atom stereocenters. The number of amidine groups is 1. The van der Waals surface area contributed by atoms with Gasteiger partial charge in [-0.3, -0.25) is 0 Å². The third-order valence-corrected chi connectivity index (χ3v) is 6.37. The lowest BCUT2D eigenvalue weighted by molar-refractivity contribution is -0.907. The molecule has 1 spiro atoms. The molecule has 1 atom stereocenters. The molecule has 1 fully saturated rings. The number of fused-ring (bicyclic) bond motifs is 1. The monoisotopic (exact) mass is 360 g/mol. The Kier molecular flexibility index (Phi) is 3.66. The highest BCUT2D eigenvalue weighted by molar-refractivity contribution is 5.82. The number of quaternary nitrogens is 1. The minimum atomic E-state index is -0.490. The highest BCUT2D eigenvalue weighted by atomic mass is 16.5. The zero-order valence-corrected chi connectivity index (χ0v) is 15.9. The normalized spacial score (nSPS) is 27.4. The zero-order valence-electron chi connectivity index (χ0n) is 15.9. The number of rotatable bonds is 2. The summed E-state index contributed by atoms with van der Waals surface area (Å²) in [4.78, 5) is 7.54. The van der Waals surface area contributed by atoms with Crippen molar-refractivity contribution in [2.45, 2.75) is 12.0 Å². The van der Waals surface area contributed by atoms with Gasteiger partial charge in [0.05, 0.1) is 39.8 Å². The minimum absolute atomic E-state index is 0.490. The maximum Gasteiger partial charge on any atom is 0.294 e. The van der Waals surface area contributed by atoms with Gasteiger partial charge >= 0.3 is 0 Å². The fraction of sp³-hybridized carbons (Fsp3) is 0.348. The van der Waals surface area contributed by atoms with Crippen molar-refractivity contribution in [3.63, 3.8) is 0 Å². The van der Waals surface area contributed by atoms with Gasteiger partial charge in [0.15, 0.2) is 5.54 Å². The Balaban J connectivity index is 1.51. The standard InChI is InChI=1S/C23H26N3O/c1-3-15-26(2)16-13-25(14-17-26)22-24-23-19(8-6-10-21(23)27-22)12-11-18-7-4-5-9-20(18)23/h3-10,12H,1,11,13-17H2,2H3/q+1. The summed E-state index contributed by atoms with van der Waals surface area (Å²) in [5, 5.41) is 0. The molecule has 1 aromatic rings. The Morgan fingerprint density at radius 1 is 1.30 bits per heavy atom. The van der Waals surface area contributed by atoms with E-state index in [0.717, 1.165) is 55.4 Å². The van der Waals surface area contributed by atoms with Crippen LogP contribution in [0.4, 0.5) is 0 Å². The van der Waals surface area contributed by atoms with Crippen molar-refractivity contribution < 1.29 is 9.22 Å². The van der Waals surface area contributed by atoms with E-state index >= 15 is 0 Å². The van der Waals surface area contributed by atoms with E-state index < -0.39 is 5.54 Å². The van der Waals surface area contributed by atoms with Gasteiger partial charge in [-0.1, -0.05) is 49.1 Å². The van der Waals surface area contributed by atoms with Crippen LogP contribution in [0.3, 0.4) is 0 Å². The van der Waals surface area contributed by atoms with Crippen molar-refractivity contribution in [3.8, 4) is 0 Å². The fourth-order valence-corrected chi connectivity index (χ4v) is 4.72. The van der Waals surface area contributed by atoms with Crippen molar-refractivity contribution in [3.05, 3.63) is 83.7 Å². The SMILES string of the molecule is C=CC[N+]1(C)CCN(C2=NC34C(=CCc5ccccc53)C=CC=C4O2)CC1. The number of likely N-dealkylation sites (N-methyl/N-ethyl adjacent to an activating group) is 1. The van der Waals surface area contributed by atoms with E-state index in [1.165, 1.54) is 16.7 Å². The number of ether oxygens (including phenoxy) is 1. The number of aliphatic imine (C=N–C) groups is 1. The summed E-state index contributed by atoms with van der Waals surface area (Å²) in [7, 11) is 2.31. The summed E-state index contributed by atoms with van der Waals surface area (Å²) >= 11 is 0. The minimum Gasteiger partial charge on any atom is -0.427 e. The average molecular weight is 360 g/mol. The second-order valence-electron chi connectivity index (χ2n) is 8.14. The molecule has 2 heterocycles. The Morgan fingerprint density at radius 3 is 2.93 bits per heavy atom. The first-order valence-electron chi connectivity index (χ1n) is 9.80. The lowest BCUT2D eigenvalue weighted by Gasteiger charge is -2.41. The average Bonchev–Trinajstić information content (AvgIpc) is 3.08. The van der Waals surface area contributed by atoms with Gasteiger partial charge in [0, 0.05) is 0 Å². The summed E-state index contributed by atoms with van der Waals surface area (Å²) in [5.74, 6) is 0.937. The lowest BCUT2D eigenvalue weighted by atomic mass is 9.73. The molecule has 138 valence electrons. The van der Waals surface area contributed by atoms with Crippen molar-refractivity contribution in [1.82, 2.24) is 4.90 Å². The maximum atomic E-state index is 6.37. The summed E-state index contributed by atoms with van der Waals surface area (Å²) in [6.07, 6.45) is 11.6. The van der Waals surface area contributed by atoms with Gasteiger partial charge < -0.3 is 14.1 Å². The lowest BCUT2D eigenvalue weighted by Crippen LogP contribution is -2.58. The first-order chi connectivity index (χ1) is 13.1. The molecule has 0 bridgehead atoms. The Bertz CT molecular complexity index is 915. The summed E-state index contributed by atoms with van der Waals surface area (Å²) in [6.45, 7) is 9.01. The third-order valence-electron chi connectivity index (χ3n) is 6.37. The molecule has 1 aromatic carbocycles. The van der Waals surface area contributed by atoms with Gasteiger partial charge in [-0.2, -0.15) is 0 Å². The van der Waals surface area contributed by atoms with Crippen molar-refractivity contribution in [1.29, 1.82) is 0 Å². The van der Waals surface area contributed by atoms with Crippen LogP contribution in [-0.2, 0) is 16.7 Å². The van der Waals surface area contributed by atoms with Crippen LogP contribution in [0.15, 0.2) is 77.5 Å². The molecule has 0 radical (unpaired) electrons. The maximum absolute atomic E-state index is 6.37. The summed E-state index contributed by atoms with van der Waals surface area (Å²) < 4.78 is 7.41. The van der Waals surface area contributed by atoms with Crippen LogP contribution in [0.5, 0.6) is 0 Å². The topological polar surface area (TPSA) is 24.8 Å². The number of nitrogens with zero attached hydrogens (tertiary/aromatic N) is 3.